The Morgan fingerprint density at radius 2 is 2.15 bits per heavy atom. The smallest absolute Gasteiger partial charge is 0.224 e. The van der Waals surface area contributed by atoms with Gasteiger partial charge in [-0.05, 0) is 55.3 Å². The number of amides is 1. The van der Waals surface area contributed by atoms with Gasteiger partial charge < -0.3 is 5.32 Å². The fourth-order valence-corrected chi connectivity index (χ4v) is 3.27. The third-order valence-corrected chi connectivity index (χ3v) is 4.34. The summed E-state index contributed by atoms with van der Waals surface area (Å²) in [7, 11) is 0. The molecule has 0 aliphatic carbocycles. The van der Waals surface area contributed by atoms with Gasteiger partial charge in [0.25, 0.3) is 0 Å². The number of carbonyl (C=O) groups excluding carboxylic acids is 1. The van der Waals surface area contributed by atoms with Crippen LogP contribution in [0.3, 0.4) is 0 Å². The summed E-state index contributed by atoms with van der Waals surface area (Å²) in [5, 5.41) is 5.58. The summed E-state index contributed by atoms with van der Waals surface area (Å²) in [6.45, 7) is 3.95. The molecule has 0 saturated heterocycles. The monoisotopic (exact) mass is 307 g/mol. The van der Waals surface area contributed by atoms with E-state index in [-0.39, 0.29) is 5.91 Å². The van der Waals surface area contributed by atoms with Crippen molar-refractivity contribution < 1.29 is 4.79 Å². The van der Waals surface area contributed by atoms with Crippen LogP contribution in [0.4, 0.5) is 5.69 Å². The zero-order valence-corrected chi connectivity index (χ0v) is 13.3. The molecule has 1 amide bonds. The number of carbonyl (C=O) groups is 1. The minimum atomic E-state index is 0.0235. The molecular weight excluding hydrogens is 290 g/mol. The van der Waals surface area contributed by atoms with E-state index < -0.39 is 0 Å². The highest BCUT2D eigenvalue weighted by molar-refractivity contribution is 7.09. The molecule has 0 bridgehead atoms. The Morgan fingerprint density at radius 3 is 2.80 bits per heavy atom. The van der Waals surface area contributed by atoms with E-state index in [1.807, 2.05) is 32.0 Å². The van der Waals surface area contributed by atoms with Crippen LogP contribution >= 0.6 is 22.9 Å². The molecule has 0 saturated carbocycles. The van der Waals surface area contributed by atoms with Crippen molar-refractivity contribution in [2.24, 2.45) is 0 Å². The van der Waals surface area contributed by atoms with Gasteiger partial charge in [-0.25, -0.2) is 0 Å². The molecule has 1 heterocycles. The lowest BCUT2D eigenvalue weighted by molar-refractivity contribution is -0.116. The summed E-state index contributed by atoms with van der Waals surface area (Å²) in [6, 6.07) is 8.03. The van der Waals surface area contributed by atoms with E-state index in [9.17, 15) is 4.79 Å². The molecular formula is C16H18ClNOS. The quantitative estimate of drug-likeness (QED) is 0.829. The molecule has 0 spiro atoms. The van der Waals surface area contributed by atoms with Gasteiger partial charge in [-0.1, -0.05) is 23.7 Å². The summed E-state index contributed by atoms with van der Waals surface area (Å²) in [6.07, 6.45) is 2.32. The van der Waals surface area contributed by atoms with Crippen LogP contribution < -0.4 is 5.32 Å². The van der Waals surface area contributed by atoms with Crippen molar-refractivity contribution in [2.45, 2.75) is 33.1 Å². The first-order valence-electron chi connectivity index (χ1n) is 6.65. The number of hydrogen-bond acceptors (Lipinski definition) is 2. The number of thiophene rings is 1. The Hall–Kier alpha value is -1.32. The second-order valence-electron chi connectivity index (χ2n) is 4.92. The van der Waals surface area contributed by atoms with Crippen LogP contribution in [0.15, 0.2) is 29.6 Å². The lowest BCUT2D eigenvalue weighted by atomic mass is 10.1. The fraction of sp³-hybridized carbons (Fsp3) is 0.312. The Kier molecular flexibility index (Phi) is 5.21. The first-order chi connectivity index (χ1) is 9.56. The van der Waals surface area contributed by atoms with Gasteiger partial charge in [0, 0.05) is 11.3 Å². The zero-order chi connectivity index (χ0) is 14.5. The molecule has 2 aromatic rings. The Morgan fingerprint density at radius 1 is 1.35 bits per heavy atom. The van der Waals surface area contributed by atoms with Crippen LogP contribution in [0.2, 0.25) is 5.02 Å². The molecule has 1 aromatic carbocycles. The number of rotatable bonds is 5. The van der Waals surface area contributed by atoms with Gasteiger partial charge in [-0.2, -0.15) is 0 Å². The number of benzene rings is 1. The number of aryl methyl sites for hydroxylation is 3. The minimum Gasteiger partial charge on any atom is -0.325 e. The highest BCUT2D eigenvalue weighted by Gasteiger charge is 2.09. The highest BCUT2D eigenvalue weighted by atomic mass is 35.5. The predicted molar refractivity (Wildman–Crippen MR) is 86.8 cm³/mol. The maximum absolute atomic E-state index is 12.0. The molecule has 106 valence electrons. The summed E-state index contributed by atoms with van der Waals surface area (Å²) in [5.74, 6) is 0.0235. The molecule has 0 radical (unpaired) electrons. The molecule has 0 fully saturated rings. The third-order valence-electron chi connectivity index (χ3n) is 3.10. The van der Waals surface area contributed by atoms with Crippen molar-refractivity contribution in [1.82, 2.24) is 0 Å². The van der Waals surface area contributed by atoms with Crippen molar-refractivity contribution in [1.29, 1.82) is 0 Å². The van der Waals surface area contributed by atoms with Gasteiger partial charge in [0.2, 0.25) is 5.91 Å². The Bertz CT molecular complexity index is 570. The summed E-state index contributed by atoms with van der Waals surface area (Å²) < 4.78 is 0. The van der Waals surface area contributed by atoms with Gasteiger partial charge in [-0.3, -0.25) is 4.79 Å². The first-order valence-corrected chi connectivity index (χ1v) is 7.91. The first kappa shape index (κ1) is 15.1. The Balaban J connectivity index is 1.88. The van der Waals surface area contributed by atoms with Crippen molar-refractivity contribution in [2.75, 3.05) is 5.32 Å². The number of hydrogen-bond donors (Lipinski definition) is 1. The van der Waals surface area contributed by atoms with E-state index in [1.165, 1.54) is 4.88 Å². The van der Waals surface area contributed by atoms with Gasteiger partial charge in [0.1, 0.15) is 0 Å². The lowest BCUT2D eigenvalue weighted by Gasteiger charge is -2.11. The topological polar surface area (TPSA) is 29.1 Å². The van der Waals surface area contributed by atoms with Gasteiger partial charge in [0.05, 0.1) is 10.7 Å². The standard InChI is InChI=1S/C16H18ClNOS/c1-11-9-12(2)16(14(17)10-11)18-15(19)7-3-5-13-6-4-8-20-13/h4,6,8-10H,3,5,7H2,1-2H3,(H,18,19). The van der Waals surface area contributed by atoms with E-state index in [4.69, 9.17) is 11.6 Å². The highest BCUT2D eigenvalue weighted by Crippen LogP contribution is 2.27. The molecule has 0 aliphatic rings. The molecule has 1 N–H and O–H groups in total. The fourth-order valence-electron chi connectivity index (χ4n) is 2.15. The van der Waals surface area contributed by atoms with Gasteiger partial charge in [0.15, 0.2) is 0 Å². The molecule has 2 rings (SSSR count). The van der Waals surface area contributed by atoms with E-state index in [0.717, 1.165) is 29.7 Å². The zero-order valence-electron chi connectivity index (χ0n) is 11.7. The minimum absolute atomic E-state index is 0.0235. The van der Waals surface area contributed by atoms with E-state index in [1.54, 1.807) is 11.3 Å². The SMILES string of the molecule is Cc1cc(C)c(NC(=O)CCCc2cccs2)c(Cl)c1. The Labute approximate surface area is 128 Å². The predicted octanol–water partition coefficient (Wildman–Crippen LogP) is 4.98. The maximum atomic E-state index is 12.0. The van der Waals surface area contributed by atoms with Crippen molar-refractivity contribution in [3.8, 4) is 0 Å². The average molecular weight is 308 g/mol. The van der Waals surface area contributed by atoms with Crippen LogP contribution in [-0.4, -0.2) is 5.91 Å². The van der Waals surface area contributed by atoms with E-state index in [0.29, 0.717) is 11.4 Å². The van der Waals surface area contributed by atoms with Crippen LogP contribution in [0.25, 0.3) is 0 Å². The maximum Gasteiger partial charge on any atom is 0.224 e. The van der Waals surface area contributed by atoms with E-state index >= 15 is 0 Å². The van der Waals surface area contributed by atoms with Crippen LogP contribution in [0, 0.1) is 13.8 Å². The largest absolute Gasteiger partial charge is 0.325 e. The average Bonchev–Trinajstić information content (AvgIpc) is 2.87. The molecule has 1 aromatic heterocycles. The van der Waals surface area contributed by atoms with Crippen LogP contribution in [0.5, 0.6) is 0 Å². The molecule has 2 nitrogen and oxygen atoms in total. The summed E-state index contributed by atoms with van der Waals surface area (Å²) in [4.78, 5) is 13.3. The summed E-state index contributed by atoms with van der Waals surface area (Å²) >= 11 is 7.91. The number of anilines is 1. The van der Waals surface area contributed by atoms with Gasteiger partial charge >= 0.3 is 0 Å². The molecule has 0 unspecified atom stereocenters. The number of halogens is 1. The van der Waals surface area contributed by atoms with Crippen molar-refractivity contribution in [3.63, 3.8) is 0 Å². The molecule has 0 aliphatic heterocycles. The molecule has 4 heteroatoms. The third kappa shape index (κ3) is 4.09. The summed E-state index contributed by atoms with van der Waals surface area (Å²) in [5.41, 5.74) is 2.84. The normalized spacial score (nSPS) is 10.6. The molecule has 0 atom stereocenters. The van der Waals surface area contributed by atoms with Crippen molar-refractivity contribution >= 4 is 34.5 Å². The van der Waals surface area contributed by atoms with Crippen LogP contribution in [0.1, 0.15) is 28.8 Å². The van der Waals surface area contributed by atoms with Gasteiger partial charge in [-0.15, -0.1) is 11.3 Å². The van der Waals surface area contributed by atoms with Crippen LogP contribution in [-0.2, 0) is 11.2 Å². The number of nitrogens with one attached hydrogen (secondary N) is 1. The van der Waals surface area contributed by atoms with Crippen molar-refractivity contribution in [3.05, 3.63) is 50.7 Å². The molecule has 20 heavy (non-hydrogen) atoms. The second-order valence-corrected chi connectivity index (χ2v) is 6.36. The lowest BCUT2D eigenvalue weighted by Crippen LogP contribution is -2.13. The second kappa shape index (κ2) is 6.91. The van der Waals surface area contributed by atoms with E-state index in [2.05, 4.69) is 16.8 Å².